The molecule has 1 heterocycles. The number of carbonyl (C=O) groups is 2. The van der Waals surface area contributed by atoms with Gasteiger partial charge in [0.05, 0.1) is 37.9 Å². The van der Waals surface area contributed by atoms with E-state index in [9.17, 15) is 18.0 Å². The van der Waals surface area contributed by atoms with Crippen LogP contribution >= 0.6 is 0 Å². The number of amides is 2. The van der Waals surface area contributed by atoms with Crippen LogP contribution in [0.1, 0.15) is 42.5 Å². The third-order valence-electron chi connectivity index (χ3n) is 5.99. The number of morpholine rings is 1. The number of rotatable bonds is 9. The quantitative estimate of drug-likeness (QED) is 0.505. The van der Waals surface area contributed by atoms with Crippen LogP contribution in [0.3, 0.4) is 0 Å². The largest absolute Gasteiger partial charge is 0.493 e. The van der Waals surface area contributed by atoms with E-state index in [4.69, 9.17) is 14.2 Å². The van der Waals surface area contributed by atoms with Crippen molar-refractivity contribution in [1.82, 2.24) is 14.9 Å². The third kappa shape index (κ3) is 6.15. The van der Waals surface area contributed by atoms with Gasteiger partial charge < -0.3 is 24.8 Å². The van der Waals surface area contributed by atoms with Crippen LogP contribution in [0.4, 0.5) is 0 Å². The fourth-order valence-corrected chi connectivity index (χ4v) is 5.61. The number of hydrogen-bond donors (Lipinski definition) is 2. The van der Waals surface area contributed by atoms with E-state index in [-0.39, 0.29) is 60.0 Å². The fraction of sp³-hybridized carbons (Fsp3) is 0.636. The van der Waals surface area contributed by atoms with Crippen molar-refractivity contribution in [3.63, 3.8) is 0 Å². The Morgan fingerprint density at radius 2 is 1.70 bits per heavy atom. The van der Waals surface area contributed by atoms with Crippen molar-refractivity contribution >= 4 is 21.8 Å². The molecule has 2 N–H and O–H groups in total. The van der Waals surface area contributed by atoms with E-state index in [2.05, 4.69) is 10.6 Å². The van der Waals surface area contributed by atoms with Crippen LogP contribution in [0.2, 0.25) is 0 Å². The predicted molar refractivity (Wildman–Crippen MR) is 121 cm³/mol. The van der Waals surface area contributed by atoms with Crippen LogP contribution in [0, 0.1) is 5.92 Å². The van der Waals surface area contributed by atoms with E-state index in [1.54, 1.807) is 0 Å². The molecule has 0 unspecified atom stereocenters. The standard InChI is InChI=1S/C22H33N3O7S/c1-30-19-15-17(33(28,29)25-10-12-32-13-11-25)14-18(20(19)31-2)22(27)24-9-8-23-21(26)16-6-4-3-5-7-16/h14-16H,3-13H2,1-2H3,(H,23,26)(H,24,27). The van der Waals surface area contributed by atoms with E-state index in [1.807, 2.05) is 0 Å². The fourth-order valence-electron chi connectivity index (χ4n) is 4.16. The maximum absolute atomic E-state index is 13.1. The molecule has 0 aromatic heterocycles. The lowest BCUT2D eigenvalue weighted by Gasteiger charge is -2.26. The summed E-state index contributed by atoms with van der Waals surface area (Å²) in [4.78, 5) is 25.1. The average molecular weight is 484 g/mol. The number of ether oxygens (including phenoxy) is 3. The highest BCUT2D eigenvalue weighted by Crippen LogP contribution is 2.35. The summed E-state index contributed by atoms with van der Waals surface area (Å²) < 4.78 is 43.4. The van der Waals surface area contributed by atoms with Crippen molar-refractivity contribution in [2.24, 2.45) is 5.92 Å². The number of hydrogen-bond acceptors (Lipinski definition) is 7. The molecule has 0 radical (unpaired) electrons. The first-order chi connectivity index (χ1) is 15.9. The predicted octanol–water partition coefficient (Wildman–Crippen LogP) is 1.15. The van der Waals surface area contributed by atoms with Crippen LogP contribution < -0.4 is 20.1 Å². The minimum atomic E-state index is -3.84. The first kappa shape index (κ1) is 25.3. The molecule has 1 aromatic rings. The maximum atomic E-state index is 13.1. The number of benzene rings is 1. The Balaban J connectivity index is 1.70. The van der Waals surface area contributed by atoms with Gasteiger partial charge in [0.1, 0.15) is 0 Å². The van der Waals surface area contributed by atoms with Gasteiger partial charge >= 0.3 is 0 Å². The van der Waals surface area contributed by atoms with E-state index in [0.717, 1.165) is 25.7 Å². The summed E-state index contributed by atoms with van der Waals surface area (Å²) in [5, 5.41) is 5.59. The van der Waals surface area contributed by atoms with Gasteiger partial charge in [-0.15, -0.1) is 0 Å². The summed E-state index contributed by atoms with van der Waals surface area (Å²) in [6.07, 6.45) is 5.12. The summed E-state index contributed by atoms with van der Waals surface area (Å²) in [6, 6.07) is 2.65. The second-order valence-electron chi connectivity index (χ2n) is 8.10. The molecule has 1 aliphatic carbocycles. The van der Waals surface area contributed by atoms with Crippen molar-refractivity contribution in [1.29, 1.82) is 0 Å². The molecule has 2 fully saturated rings. The molecule has 2 aliphatic rings. The third-order valence-corrected chi connectivity index (χ3v) is 7.87. The highest BCUT2D eigenvalue weighted by Gasteiger charge is 2.30. The zero-order valence-electron chi connectivity index (χ0n) is 19.2. The molecule has 0 spiro atoms. The minimum Gasteiger partial charge on any atom is -0.493 e. The number of nitrogens with zero attached hydrogens (tertiary/aromatic N) is 1. The Morgan fingerprint density at radius 3 is 2.33 bits per heavy atom. The SMILES string of the molecule is COc1cc(S(=O)(=O)N2CCOCC2)cc(C(=O)NCCNC(=O)C2CCCCC2)c1OC. The van der Waals surface area contributed by atoms with Crippen LogP contribution in [-0.2, 0) is 19.6 Å². The van der Waals surface area contributed by atoms with Crippen molar-refractivity contribution in [2.75, 3.05) is 53.6 Å². The summed E-state index contributed by atoms with van der Waals surface area (Å²) >= 11 is 0. The smallest absolute Gasteiger partial charge is 0.255 e. The highest BCUT2D eigenvalue weighted by atomic mass is 32.2. The van der Waals surface area contributed by atoms with Crippen molar-refractivity contribution < 1.29 is 32.2 Å². The Morgan fingerprint density at radius 1 is 1.03 bits per heavy atom. The van der Waals surface area contributed by atoms with Gasteiger partial charge in [-0.2, -0.15) is 4.31 Å². The van der Waals surface area contributed by atoms with Gasteiger partial charge in [0.2, 0.25) is 15.9 Å². The lowest BCUT2D eigenvalue weighted by atomic mass is 9.89. The van der Waals surface area contributed by atoms with Gasteiger partial charge in [0, 0.05) is 38.2 Å². The van der Waals surface area contributed by atoms with Gasteiger partial charge in [-0.25, -0.2) is 8.42 Å². The topological polar surface area (TPSA) is 123 Å². The van der Waals surface area contributed by atoms with Crippen molar-refractivity contribution in [3.05, 3.63) is 17.7 Å². The molecule has 1 aromatic carbocycles. The summed E-state index contributed by atoms with van der Waals surface area (Å²) in [7, 11) is -1.08. The molecule has 1 aliphatic heterocycles. The molecule has 10 nitrogen and oxygen atoms in total. The lowest BCUT2D eigenvalue weighted by molar-refractivity contribution is -0.125. The van der Waals surface area contributed by atoms with E-state index >= 15 is 0 Å². The normalized spacial score (nSPS) is 17.9. The van der Waals surface area contributed by atoms with Crippen molar-refractivity contribution in [2.45, 2.75) is 37.0 Å². The van der Waals surface area contributed by atoms with Gasteiger partial charge in [-0.3, -0.25) is 9.59 Å². The van der Waals surface area contributed by atoms with Gasteiger partial charge in [-0.1, -0.05) is 19.3 Å². The minimum absolute atomic E-state index is 0.0156. The second-order valence-corrected chi connectivity index (χ2v) is 10.0. The Hall–Kier alpha value is -2.37. The lowest BCUT2D eigenvalue weighted by Crippen LogP contribution is -2.40. The summed E-state index contributed by atoms with van der Waals surface area (Å²) in [5.74, 6) is -0.177. The highest BCUT2D eigenvalue weighted by molar-refractivity contribution is 7.89. The van der Waals surface area contributed by atoms with Crippen LogP contribution in [0.15, 0.2) is 17.0 Å². The first-order valence-corrected chi connectivity index (χ1v) is 12.7. The van der Waals surface area contributed by atoms with Gasteiger partial charge in [0.25, 0.3) is 5.91 Å². The summed E-state index contributed by atoms with van der Waals surface area (Å²) in [5.41, 5.74) is 0.0438. The Labute approximate surface area is 195 Å². The molecule has 2 amide bonds. The number of carbonyl (C=O) groups excluding carboxylic acids is 2. The van der Waals surface area contributed by atoms with Gasteiger partial charge in [-0.05, 0) is 18.9 Å². The zero-order valence-corrected chi connectivity index (χ0v) is 20.0. The molecule has 0 atom stereocenters. The Kier molecular flexibility index (Phi) is 8.93. The van der Waals surface area contributed by atoms with E-state index in [0.29, 0.717) is 13.2 Å². The van der Waals surface area contributed by atoms with Crippen LogP contribution in [0.25, 0.3) is 0 Å². The van der Waals surface area contributed by atoms with Crippen LogP contribution in [-0.4, -0.2) is 78.1 Å². The van der Waals surface area contributed by atoms with E-state index in [1.165, 1.54) is 37.1 Å². The second kappa shape index (κ2) is 11.7. The number of nitrogens with one attached hydrogen (secondary N) is 2. The number of methoxy groups -OCH3 is 2. The van der Waals surface area contributed by atoms with Crippen molar-refractivity contribution in [3.8, 4) is 11.5 Å². The maximum Gasteiger partial charge on any atom is 0.255 e. The molecular weight excluding hydrogens is 450 g/mol. The molecular formula is C22H33N3O7S. The molecule has 0 bridgehead atoms. The monoisotopic (exact) mass is 483 g/mol. The zero-order chi connectivity index (χ0) is 23.8. The molecule has 184 valence electrons. The molecule has 1 saturated carbocycles. The molecule has 1 saturated heterocycles. The molecule has 33 heavy (non-hydrogen) atoms. The summed E-state index contributed by atoms with van der Waals surface area (Å²) in [6.45, 7) is 1.58. The van der Waals surface area contributed by atoms with E-state index < -0.39 is 15.9 Å². The van der Waals surface area contributed by atoms with Crippen LogP contribution in [0.5, 0.6) is 11.5 Å². The molecule has 3 rings (SSSR count). The molecule has 11 heteroatoms. The number of sulfonamides is 1. The average Bonchev–Trinajstić information content (AvgIpc) is 2.86. The van der Waals surface area contributed by atoms with Gasteiger partial charge in [0.15, 0.2) is 11.5 Å². The Bertz CT molecular complexity index is 940. The first-order valence-electron chi connectivity index (χ1n) is 11.3.